The van der Waals surface area contributed by atoms with Crippen molar-refractivity contribution in [3.8, 4) is 0 Å². The SMILES string of the molecule is CCN(CC)S(=O)(=O)c1cc(NC(=O)CCC(=O)c2cc(C)ccc2C)ccc1Cl. The molecule has 162 valence electrons. The van der Waals surface area contributed by atoms with Gasteiger partial charge in [0.05, 0.1) is 5.02 Å². The van der Waals surface area contributed by atoms with Crippen LogP contribution in [-0.2, 0) is 14.8 Å². The number of nitrogens with zero attached hydrogens (tertiary/aromatic N) is 1. The van der Waals surface area contributed by atoms with E-state index >= 15 is 0 Å². The third-order valence-corrected chi connectivity index (χ3v) is 7.34. The fourth-order valence-electron chi connectivity index (χ4n) is 3.10. The fourth-order valence-corrected chi connectivity index (χ4v) is 5.06. The molecule has 0 atom stereocenters. The molecule has 0 fully saturated rings. The molecule has 0 aliphatic carbocycles. The second-order valence-electron chi connectivity index (χ2n) is 7.02. The van der Waals surface area contributed by atoms with Gasteiger partial charge in [0.15, 0.2) is 5.78 Å². The number of carbonyl (C=O) groups is 2. The summed E-state index contributed by atoms with van der Waals surface area (Å²) in [6.07, 6.45) is 0.0568. The van der Waals surface area contributed by atoms with Crippen LogP contribution in [0.5, 0.6) is 0 Å². The number of Topliss-reactive ketones (excluding diaryl/α,β-unsaturated/α-hetero) is 1. The van der Waals surface area contributed by atoms with Crippen molar-refractivity contribution in [2.45, 2.75) is 45.4 Å². The lowest BCUT2D eigenvalue weighted by molar-refractivity contribution is -0.116. The van der Waals surface area contributed by atoms with Gasteiger partial charge in [-0.15, -0.1) is 0 Å². The average molecular weight is 451 g/mol. The van der Waals surface area contributed by atoms with Crippen LogP contribution >= 0.6 is 11.6 Å². The molecule has 2 aromatic carbocycles. The zero-order valence-electron chi connectivity index (χ0n) is 17.7. The Kier molecular flexibility index (Phi) is 8.18. The monoisotopic (exact) mass is 450 g/mol. The molecule has 0 radical (unpaired) electrons. The minimum Gasteiger partial charge on any atom is -0.326 e. The molecule has 0 saturated heterocycles. The molecule has 8 heteroatoms. The topological polar surface area (TPSA) is 83.6 Å². The lowest BCUT2D eigenvalue weighted by Crippen LogP contribution is -2.30. The highest BCUT2D eigenvalue weighted by molar-refractivity contribution is 7.89. The second-order valence-corrected chi connectivity index (χ2v) is 9.34. The summed E-state index contributed by atoms with van der Waals surface area (Å²) >= 11 is 6.11. The van der Waals surface area contributed by atoms with Gasteiger partial charge in [0.1, 0.15) is 4.90 Å². The van der Waals surface area contributed by atoms with Crippen molar-refractivity contribution >= 4 is 39.0 Å². The highest BCUT2D eigenvalue weighted by Gasteiger charge is 2.25. The molecule has 0 bridgehead atoms. The second kappa shape index (κ2) is 10.2. The van der Waals surface area contributed by atoms with Crippen LogP contribution in [0.15, 0.2) is 41.3 Å². The number of halogens is 1. The van der Waals surface area contributed by atoms with Crippen LogP contribution in [0.4, 0.5) is 5.69 Å². The van der Waals surface area contributed by atoms with E-state index in [0.29, 0.717) is 24.3 Å². The van der Waals surface area contributed by atoms with Gasteiger partial charge in [-0.3, -0.25) is 9.59 Å². The number of anilines is 1. The molecule has 0 unspecified atom stereocenters. The van der Waals surface area contributed by atoms with Gasteiger partial charge < -0.3 is 5.32 Å². The van der Waals surface area contributed by atoms with Crippen molar-refractivity contribution in [2.24, 2.45) is 0 Å². The van der Waals surface area contributed by atoms with Crippen LogP contribution in [-0.4, -0.2) is 37.5 Å². The molecular formula is C22H27ClN2O4S. The molecule has 2 rings (SSSR count). The van der Waals surface area contributed by atoms with E-state index in [9.17, 15) is 18.0 Å². The molecule has 0 aliphatic rings. The Bertz CT molecular complexity index is 1050. The number of sulfonamides is 1. The van der Waals surface area contributed by atoms with Crippen molar-refractivity contribution < 1.29 is 18.0 Å². The van der Waals surface area contributed by atoms with E-state index in [1.807, 2.05) is 32.0 Å². The summed E-state index contributed by atoms with van der Waals surface area (Å²) in [5, 5.41) is 2.74. The number of carbonyl (C=O) groups excluding carboxylic acids is 2. The molecular weight excluding hydrogens is 424 g/mol. The maximum atomic E-state index is 12.8. The van der Waals surface area contributed by atoms with Gasteiger partial charge in [-0.05, 0) is 43.7 Å². The predicted octanol–water partition coefficient (Wildman–Crippen LogP) is 4.59. The maximum Gasteiger partial charge on any atom is 0.244 e. The Morgan fingerprint density at radius 1 is 1.00 bits per heavy atom. The van der Waals surface area contributed by atoms with E-state index in [1.165, 1.54) is 22.5 Å². The maximum absolute atomic E-state index is 12.8. The van der Waals surface area contributed by atoms with Crippen LogP contribution in [0.1, 0.15) is 48.2 Å². The summed E-state index contributed by atoms with van der Waals surface area (Å²) in [5.41, 5.74) is 2.78. The normalized spacial score (nSPS) is 11.5. The largest absolute Gasteiger partial charge is 0.326 e. The predicted molar refractivity (Wildman–Crippen MR) is 120 cm³/mol. The fraction of sp³-hybridized carbons (Fsp3) is 0.364. The molecule has 0 spiro atoms. The Hall–Kier alpha value is -2.22. The minimum atomic E-state index is -3.76. The van der Waals surface area contributed by atoms with E-state index in [0.717, 1.165) is 11.1 Å². The molecule has 2 aromatic rings. The first-order chi connectivity index (χ1) is 14.1. The van der Waals surface area contributed by atoms with Crippen molar-refractivity contribution in [3.05, 3.63) is 58.1 Å². The third kappa shape index (κ3) is 5.68. The van der Waals surface area contributed by atoms with Crippen molar-refractivity contribution in [1.82, 2.24) is 4.31 Å². The minimum absolute atomic E-state index is 0.00697. The summed E-state index contributed by atoms with van der Waals surface area (Å²) in [6, 6.07) is 9.96. The van der Waals surface area contributed by atoms with Gasteiger partial charge in [0, 0.05) is 37.2 Å². The first-order valence-corrected chi connectivity index (χ1v) is 11.6. The summed E-state index contributed by atoms with van der Waals surface area (Å²) in [7, 11) is -3.76. The standard InChI is InChI=1S/C22H27ClN2O4S/c1-5-25(6-2)30(28,29)21-14-17(9-10-19(21)23)24-22(27)12-11-20(26)18-13-15(3)7-8-16(18)4/h7-10,13-14H,5-6,11-12H2,1-4H3,(H,24,27). The summed E-state index contributed by atoms with van der Waals surface area (Å²) in [6.45, 7) is 7.88. The molecule has 0 heterocycles. The Morgan fingerprint density at radius 3 is 2.30 bits per heavy atom. The highest BCUT2D eigenvalue weighted by Crippen LogP contribution is 2.28. The van der Waals surface area contributed by atoms with Crippen LogP contribution < -0.4 is 5.32 Å². The van der Waals surface area contributed by atoms with Gasteiger partial charge >= 0.3 is 0 Å². The Balaban J connectivity index is 2.10. The molecule has 6 nitrogen and oxygen atoms in total. The summed E-state index contributed by atoms with van der Waals surface area (Å²) in [5.74, 6) is -0.477. The summed E-state index contributed by atoms with van der Waals surface area (Å²) in [4.78, 5) is 24.7. The van der Waals surface area contributed by atoms with Crippen LogP contribution in [0, 0.1) is 13.8 Å². The van der Waals surface area contributed by atoms with E-state index in [2.05, 4.69) is 5.32 Å². The number of hydrogen-bond acceptors (Lipinski definition) is 4. The number of ketones is 1. The van der Waals surface area contributed by atoms with E-state index < -0.39 is 10.0 Å². The zero-order valence-corrected chi connectivity index (χ0v) is 19.2. The van der Waals surface area contributed by atoms with Gasteiger partial charge in [0.2, 0.25) is 15.9 Å². The van der Waals surface area contributed by atoms with E-state index in [-0.39, 0.29) is 34.5 Å². The average Bonchev–Trinajstić information content (AvgIpc) is 2.70. The van der Waals surface area contributed by atoms with E-state index in [4.69, 9.17) is 11.6 Å². The van der Waals surface area contributed by atoms with Gasteiger partial charge in [-0.2, -0.15) is 4.31 Å². The van der Waals surface area contributed by atoms with Crippen LogP contribution in [0.3, 0.4) is 0 Å². The number of aryl methyl sites for hydroxylation is 2. The number of rotatable bonds is 9. The lowest BCUT2D eigenvalue weighted by atomic mass is 9.99. The number of amides is 1. The third-order valence-electron chi connectivity index (χ3n) is 4.81. The van der Waals surface area contributed by atoms with Crippen LogP contribution in [0.25, 0.3) is 0 Å². The molecule has 1 N–H and O–H groups in total. The smallest absolute Gasteiger partial charge is 0.244 e. The first-order valence-electron chi connectivity index (χ1n) is 9.80. The Morgan fingerprint density at radius 2 is 1.67 bits per heavy atom. The van der Waals surface area contributed by atoms with Crippen LogP contribution in [0.2, 0.25) is 5.02 Å². The van der Waals surface area contributed by atoms with Crippen molar-refractivity contribution in [1.29, 1.82) is 0 Å². The van der Waals surface area contributed by atoms with Crippen molar-refractivity contribution in [2.75, 3.05) is 18.4 Å². The first kappa shape index (κ1) is 24.1. The zero-order chi connectivity index (χ0) is 22.5. The molecule has 30 heavy (non-hydrogen) atoms. The lowest BCUT2D eigenvalue weighted by Gasteiger charge is -2.19. The van der Waals surface area contributed by atoms with Gasteiger partial charge in [0.25, 0.3) is 0 Å². The highest BCUT2D eigenvalue weighted by atomic mass is 35.5. The number of nitrogens with one attached hydrogen (secondary N) is 1. The number of benzene rings is 2. The Labute approximate surface area is 183 Å². The van der Waals surface area contributed by atoms with Crippen molar-refractivity contribution in [3.63, 3.8) is 0 Å². The molecule has 0 saturated carbocycles. The quantitative estimate of drug-likeness (QED) is 0.566. The number of hydrogen-bond donors (Lipinski definition) is 1. The van der Waals surface area contributed by atoms with Gasteiger partial charge in [-0.1, -0.05) is 43.1 Å². The van der Waals surface area contributed by atoms with Gasteiger partial charge in [-0.25, -0.2) is 8.42 Å². The van der Waals surface area contributed by atoms with E-state index in [1.54, 1.807) is 13.8 Å². The summed E-state index contributed by atoms with van der Waals surface area (Å²) < 4.78 is 26.8. The molecule has 0 aliphatic heterocycles. The molecule has 0 aromatic heterocycles. The molecule has 1 amide bonds.